The molecule has 2 N–H and O–H groups in total. The van der Waals surface area contributed by atoms with Gasteiger partial charge in [0.2, 0.25) is 11.9 Å². The molecule has 0 spiro atoms. The van der Waals surface area contributed by atoms with E-state index in [0.29, 0.717) is 30.1 Å². The number of anilines is 1. The average Bonchev–Trinajstić information content (AvgIpc) is 3.36. The van der Waals surface area contributed by atoms with Gasteiger partial charge in [0, 0.05) is 12.1 Å². The van der Waals surface area contributed by atoms with E-state index in [2.05, 4.69) is 20.5 Å². The second kappa shape index (κ2) is 8.59. The van der Waals surface area contributed by atoms with E-state index in [4.69, 9.17) is 4.74 Å². The highest BCUT2D eigenvalue weighted by Gasteiger charge is 2.36. The second-order valence-electron chi connectivity index (χ2n) is 7.93. The van der Waals surface area contributed by atoms with Gasteiger partial charge in [0.1, 0.15) is 11.8 Å². The summed E-state index contributed by atoms with van der Waals surface area (Å²) in [4.78, 5) is 32.1. The maximum atomic E-state index is 13.2. The Bertz CT molecular complexity index is 1110. The maximum Gasteiger partial charge on any atom is 0.255 e. The van der Waals surface area contributed by atoms with E-state index in [-0.39, 0.29) is 23.7 Å². The summed E-state index contributed by atoms with van der Waals surface area (Å²) in [6, 6.07) is 14.3. The van der Waals surface area contributed by atoms with Gasteiger partial charge in [-0.1, -0.05) is 44.2 Å². The van der Waals surface area contributed by atoms with Crippen molar-refractivity contribution in [1.29, 1.82) is 0 Å². The van der Waals surface area contributed by atoms with Crippen LogP contribution in [0.3, 0.4) is 0 Å². The van der Waals surface area contributed by atoms with Crippen molar-refractivity contribution < 1.29 is 14.3 Å². The topological polar surface area (TPSA) is 100 Å². The number of hydrogen-bond acceptors (Lipinski definition) is 5. The van der Waals surface area contributed by atoms with Gasteiger partial charge in [-0.05, 0) is 36.1 Å². The molecule has 4 rings (SSSR count). The molecule has 1 aliphatic rings. The van der Waals surface area contributed by atoms with Crippen LogP contribution in [0.25, 0.3) is 11.4 Å². The van der Waals surface area contributed by atoms with Crippen molar-refractivity contribution in [3.63, 3.8) is 0 Å². The molecule has 0 radical (unpaired) electrons. The fourth-order valence-corrected chi connectivity index (χ4v) is 3.82. The molecule has 0 unspecified atom stereocenters. The fraction of sp³-hybridized carbons (Fsp3) is 0.304. The van der Waals surface area contributed by atoms with Gasteiger partial charge in [-0.25, -0.2) is 0 Å². The fourth-order valence-electron chi connectivity index (χ4n) is 3.82. The van der Waals surface area contributed by atoms with Crippen LogP contribution >= 0.6 is 0 Å². The summed E-state index contributed by atoms with van der Waals surface area (Å²) in [7, 11) is 1.58. The van der Waals surface area contributed by atoms with Crippen LogP contribution in [-0.2, 0) is 11.3 Å². The number of H-pyrrole nitrogens is 1. The van der Waals surface area contributed by atoms with Gasteiger partial charge < -0.3 is 9.64 Å². The summed E-state index contributed by atoms with van der Waals surface area (Å²) in [5.41, 5.74) is 2.33. The zero-order valence-electron chi connectivity index (χ0n) is 17.8. The Labute approximate surface area is 180 Å². The van der Waals surface area contributed by atoms with Crippen LogP contribution in [0.2, 0.25) is 0 Å². The lowest BCUT2D eigenvalue weighted by Gasteiger charge is -2.27. The molecule has 2 amide bonds. The summed E-state index contributed by atoms with van der Waals surface area (Å²) in [6.45, 7) is 4.47. The zero-order chi connectivity index (χ0) is 22.0. The van der Waals surface area contributed by atoms with Gasteiger partial charge in [-0.2, -0.15) is 4.98 Å². The molecule has 0 aliphatic carbocycles. The highest BCUT2D eigenvalue weighted by Crippen LogP contribution is 2.29. The maximum absolute atomic E-state index is 13.2. The molecule has 1 atom stereocenters. The number of aromatic amines is 1. The second-order valence-corrected chi connectivity index (χ2v) is 7.93. The van der Waals surface area contributed by atoms with Gasteiger partial charge >= 0.3 is 0 Å². The summed E-state index contributed by atoms with van der Waals surface area (Å²) in [5.74, 6) is 1.08. The van der Waals surface area contributed by atoms with Crippen molar-refractivity contribution in [1.82, 2.24) is 20.1 Å². The van der Waals surface area contributed by atoms with Crippen molar-refractivity contribution in [3.05, 3.63) is 59.7 Å². The summed E-state index contributed by atoms with van der Waals surface area (Å²) >= 11 is 0. The first-order valence-electron chi connectivity index (χ1n) is 10.2. The monoisotopic (exact) mass is 419 g/mol. The summed E-state index contributed by atoms with van der Waals surface area (Å²) in [5, 5.41) is 9.74. The van der Waals surface area contributed by atoms with E-state index in [0.717, 1.165) is 11.1 Å². The predicted octanol–water partition coefficient (Wildman–Crippen LogP) is 3.49. The number of ether oxygens (including phenoxy) is 1. The molecule has 0 saturated heterocycles. The average molecular weight is 419 g/mol. The van der Waals surface area contributed by atoms with Crippen LogP contribution in [-0.4, -0.2) is 45.0 Å². The van der Waals surface area contributed by atoms with Crippen LogP contribution < -0.4 is 10.1 Å². The Kier molecular flexibility index (Phi) is 5.70. The quantitative estimate of drug-likeness (QED) is 0.611. The van der Waals surface area contributed by atoms with Crippen LogP contribution in [0.4, 0.5) is 5.95 Å². The van der Waals surface area contributed by atoms with Crippen LogP contribution in [0.15, 0.2) is 48.5 Å². The van der Waals surface area contributed by atoms with Crippen molar-refractivity contribution in [2.24, 2.45) is 5.92 Å². The number of fused-ring (bicyclic) bond motifs is 1. The molecule has 3 aromatic rings. The Balaban J connectivity index is 1.54. The van der Waals surface area contributed by atoms with Gasteiger partial charge in [0.05, 0.1) is 12.7 Å². The first-order valence-corrected chi connectivity index (χ1v) is 10.2. The van der Waals surface area contributed by atoms with Crippen molar-refractivity contribution in [2.75, 3.05) is 12.4 Å². The molecule has 0 fully saturated rings. The third-order valence-electron chi connectivity index (χ3n) is 5.31. The normalized spacial score (nSPS) is 13.9. The Morgan fingerprint density at radius 2 is 1.87 bits per heavy atom. The number of nitrogens with one attached hydrogen (secondary N) is 2. The van der Waals surface area contributed by atoms with Gasteiger partial charge in [0.15, 0.2) is 5.82 Å². The molecular weight excluding hydrogens is 394 g/mol. The molecule has 8 heteroatoms. The lowest BCUT2D eigenvalue weighted by atomic mass is 10.0. The molecule has 2 heterocycles. The predicted molar refractivity (Wildman–Crippen MR) is 117 cm³/mol. The van der Waals surface area contributed by atoms with E-state index >= 15 is 0 Å². The zero-order valence-corrected chi connectivity index (χ0v) is 17.8. The molecule has 2 aromatic carbocycles. The molecular formula is C23H25N5O3. The van der Waals surface area contributed by atoms with Gasteiger partial charge in [0.25, 0.3) is 5.91 Å². The largest absolute Gasteiger partial charge is 0.496 e. The lowest BCUT2D eigenvalue weighted by molar-refractivity contribution is -0.121. The number of carbonyl (C=O) groups is 2. The number of amides is 2. The lowest BCUT2D eigenvalue weighted by Crippen LogP contribution is -2.45. The SMILES string of the molecule is COc1ccccc1-c1nc(NC(=O)[C@@H](CC(C)C)N2Cc3ccccc3C2=O)n[nH]1. The Morgan fingerprint density at radius 1 is 1.16 bits per heavy atom. The minimum Gasteiger partial charge on any atom is -0.496 e. The van der Waals surface area contributed by atoms with Crippen LogP contribution in [0, 0.1) is 5.92 Å². The van der Waals surface area contributed by atoms with Crippen molar-refractivity contribution in [3.8, 4) is 17.1 Å². The molecule has 1 aliphatic heterocycles. The smallest absolute Gasteiger partial charge is 0.255 e. The number of rotatable bonds is 7. The molecule has 0 saturated carbocycles. The standard InChI is InChI=1S/C23H25N5O3/c1-14(2)12-18(28-13-15-8-4-5-9-16(15)22(28)30)21(29)25-23-24-20(26-27-23)17-10-6-7-11-19(17)31-3/h4-11,14,18H,12-13H2,1-3H3,(H2,24,25,26,27,29)/t18-/m1/s1. The number of aromatic nitrogens is 3. The molecule has 8 nitrogen and oxygen atoms in total. The number of methoxy groups -OCH3 is 1. The van der Waals surface area contributed by atoms with E-state index in [9.17, 15) is 9.59 Å². The molecule has 1 aromatic heterocycles. The number of hydrogen-bond donors (Lipinski definition) is 2. The summed E-state index contributed by atoms with van der Waals surface area (Å²) < 4.78 is 5.36. The van der Waals surface area contributed by atoms with Gasteiger partial charge in [-0.3, -0.25) is 20.0 Å². The molecule has 31 heavy (non-hydrogen) atoms. The highest BCUT2D eigenvalue weighted by molar-refractivity contribution is 6.03. The van der Waals surface area contributed by atoms with E-state index in [1.54, 1.807) is 18.1 Å². The first-order chi connectivity index (χ1) is 15.0. The molecule has 160 valence electrons. The summed E-state index contributed by atoms with van der Waals surface area (Å²) in [6.07, 6.45) is 0.537. The van der Waals surface area contributed by atoms with E-state index in [1.165, 1.54) is 0 Å². The number of para-hydroxylation sites is 1. The highest BCUT2D eigenvalue weighted by atomic mass is 16.5. The number of nitrogens with zero attached hydrogens (tertiary/aromatic N) is 3. The Morgan fingerprint density at radius 3 is 2.58 bits per heavy atom. The number of carbonyl (C=O) groups excluding carboxylic acids is 2. The van der Waals surface area contributed by atoms with Gasteiger partial charge in [-0.15, -0.1) is 5.10 Å². The van der Waals surface area contributed by atoms with Crippen LogP contribution in [0.5, 0.6) is 5.75 Å². The number of benzene rings is 2. The third kappa shape index (κ3) is 4.14. The van der Waals surface area contributed by atoms with Crippen molar-refractivity contribution in [2.45, 2.75) is 32.9 Å². The van der Waals surface area contributed by atoms with Crippen LogP contribution in [0.1, 0.15) is 36.2 Å². The minimum absolute atomic E-state index is 0.124. The Hall–Kier alpha value is -3.68. The van der Waals surface area contributed by atoms with E-state index < -0.39 is 6.04 Å². The minimum atomic E-state index is -0.617. The van der Waals surface area contributed by atoms with Crippen molar-refractivity contribution >= 4 is 17.8 Å². The first kappa shape index (κ1) is 20.6. The van der Waals surface area contributed by atoms with E-state index in [1.807, 2.05) is 56.3 Å². The molecule has 0 bridgehead atoms. The third-order valence-corrected chi connectivity index (χ3v) is 5.31.